The number of amides is 2. The lowest BCUT2D eigenvalue weighted by atomic mass is 9.91. The average molecular weight is 312 g/mol. The van der Waals surface area contributed by atoms with E-state index in [4.69, 9.17) is 5.11 Å². The van der Waals surface area contributed by atoms with Crippen LogP contribution in [0.5, 0.6) is 0 Å². The van der Waals surface area contributed by atoms with E-state index in [9.17, 15) is 9.59 Å². The van der Waals surface area contributed by atoms with E-state index in [2.05, 4.69) is 30.5 Å². The third kappa shape index (κ3) is 6.16. The van der Waals surface area contributed by atoms with Crippen molar-refractivity contribution < 1.29 is 14.7 Å². The number of urea groups is 1. The minimum absolute atomic E-state index is 0.0461. The van der Waals surface area contributed by atoms with Crippen molar-refractivity contribution in [3.05, 3.63) is 22.4 Å². The standard InChI is InChI=1S/C15H24N2O3S/c1-4-6-11(9-13(18)19)17-14(20)16-10-15(2,3)12-7-5-8-21-12/h5,7-8,11H,4,6,9-10H2,1-3H3,(H,18,19)(H2,16,17,20). The molecule has 2 amide bonds. The normalized spacial score (nSPS) is 12.7. The molecule has 1 aromatic heterocycles. The molecule has 0 spiro atoms. The summed E-state index contributed by atoms with van der Waals surface area (Å²) in [5.74, 6) is -0.896. The maximum atomic E-state index is 11.9. The third-order valence-corrected chi connectivity index (χ3v) is 4.51. The van der Waals surface area contributed by atoms with Gasteiger partial charge in [-0.15, -0.1) is 11.3 Å². The number of carboxylic acid groups (broad SMARTS) is 1. The van der Waals surface area contributed by atoms with Gasteiger partial charge in [0.05, 0.1) is 6.42 Å². The lowest BCUT2D eigenvalue weighted by molar-refractivity contribution is -0.137. The fourth-order valence-corrected chi connectivity index (χ4v) is 2.93. The molecular formula is C15H24N2O3S. The van der Waals surface area contributed by atoms with E-state index in [1.165, 1.54) is 4.88 Å². The zero-order chi connectivity index (χ0) is 15.9. The largest absolute Gasteiger partial charge is 0.481 e. The second-order valence-electron chi connectivity index (χ2n) is 5.77. The van der Waals surface area contributed by atoms with Gasteiger partial charge in [-0.1, -0.05) is 33.3 Å². The first-order valence-corrected chi connectivity index (χ1v) is 8.03. The Balaban J connectivity index is 2.47. The van der Waals surface area contributed by atoms with E-state index in [1.807, 2.05) is 18.4 Å². The molecule has 1 unspecified atom stereocenters. The van der Waals surface area contributed by atoms with Crippen LogP contribution in [0.1, 0.15) is 44.9 Å². The highest BCUT2D eigenvalue weighted by Crippen LogP contribution is 2.26. The fourth-order valence-electron chi connectivity index (χ4n) is 2.07. The smallest absolute Gasteiger partial charge is 0.315 e. The number of hydrogen-bond acceptors (Lipinski definition) is 3. The molecule has 0 bridgehead atoms. The molecule has 1 heterocycles. The topological polar surface area (TPSA) is 78.4 Å². The van der Waals surface area contributed by atoms with E-state index >= 15 is 0 Å². The zero-order valence-electron chi connectivity index (χ0n) is 12.8. The van der Waals surface area contributed by atoms with Gasteiger partial charge in [0.2, 0.25) is 0 Å². The molecule has 0 saturated heterocycles. The van der Waals surface area contributed by atoms with Gasteiger partial charge in [0.15, 0.2) is 0 Å². The van der Waals surface area contributed by atoms with Gasteiger partial charge in [-0.2, -0.15) is 0 Å². The molecular weight excluding hydrogens is 288 g/mol. The van der Waals surface area contributed by atoms with Gasteiger partial charge < -0.3 is 15.7 Å². The summed E-state index contributed by atoms with van der Waals surface area (Å²) in [6.07, 6.45) is 1.45. The van der Waals surface area contributed by atoms with E-state index in [1.54, 1.807) is 11.3 Å². The van der Waals surface area contributed by atoms with Crippen LogP contribution in [-0.4, -0.2) is 29.7 Å². The number of hydrogen-bond donors (Lipinski definition) is 3. The number of carboxylic acids is 1. The number of nitrogens with one attached hydrogen (secondary N) is 2. The molecule has 21 heavy (non-hydrogen) atoms. The third-order valence-electron chi connectivity index (χ3n) is 3.27. The summed E-state index contributed by atoms with van der Waals surface area (Å²) in [6.45, 7) is 6.61. The van der Waals surface area contributed by atoms with Gasteiger partial charge in [0.25, 0.3) is 0 Å². The van der Waals surface area contributed by atoms with Gasteiger partial charge in [0.1, 0.15) is 0 Å². The van der Waals surface area contributed by atoms with Crippen LogP contribution in [0.2, 0.25) is 0 Å². The lowest BCUT2D eigenvalue weighted by Gasteiger charge is -2.25. The highest BCUT2D eigenvalue weighted by molar-refractivity contribution is 7.10. The summed E-state index contributed by atoms with van der Waals surface area (Å²) >= 11 is 1.66. The van der Waals surface area contributed by atoms with Gasteiger partial charge in [0, 0.05) is 22.9 Å². The Kier molecular flexibility index (Phi) is 6.68. The summed E-state index contributed by atoms with van der Waals surface area (Å²) in [5.41, 5.74) is -0.140. The second kappa shape index (κ2) is 8.02. The lowest BCUT2D eigenvalue weighted by Crippen LogP contribution is -2.46. The zero-order valence-corrected chi connectivity index (χ0v) is 13.6. The van der Waals surface area contributed by atoms with Crippen LogP contribution in [-0.2, 0) is 10.2 Å². The molecule has 0 aromatic carbocycles. The van der Waals surface area contributed by atoms with Crippen molar-refractivity contribution >= 4 is 23.3 Å². The van der Waals surface area contributed by atoms with Gasteiger partial charge >= 0.3 is 12.0 Å². The SMILES string of the molecule is CCCC(CC(=O)O)NC(=O)NCC(C)(C)c1cccs1. The molecule has 0 aliphatic carbocycles. The summed E-state index contributed by atoms with van der Waals surface area (Å²) in [6, 6.07) is 3.41. The fraction of sp³-hybridized carbons (Fsp3) is 0.600. The van der Waals surface area contributed by atoms with Gasteiger partial charge in [-0.05, 0) is 17.9 Å². The molecule has 0 aliphatic heterocycles. The maximum Gasteiger partial charge on any atom is 0.315 e. The van der Waals surface area contributed by atoms with E-state index in [0.29, 0.717) is 13.0 Å². The molecule has 0 saturated carbocycles. The van der Waals surface area contributed by atoms with Crippen LogP contribution in [0.4, 0.5) is 4.79 Å². The van der Waals surface area contributed by atoms with Crippen molar-refractivity contribution in [2.75, 3.05) is 6.54 Å². The summed E-state index contributed by atoms with van der Waals surface area (Å²) in [7, 11) is 0. The monoisotopic (exact) mass is 312 g/mol. The number of carbonyl (C=O) groups is 2. The summed E-state index contributed by atoms with van der Waals surface area (Å²) in [4.78, 5) is 23.9. The molecule has 0 aliphatic rings. The molecule has 0 radical (unpaired) electrons. The van der Waals surface area contributed by atoms with E-state index in [-0.39, 0.29) is 23.9 Å². The Bertz CT molecular complexity index is 457. The van der Waals surface area contributed by atoms with Crippen molar-refractivity contribution in [3.63, 3.8) is 0 Å². The predicted octanol–water partition coefficient (Wildman–Crippen LogP) is 2.97. The van der Waals surface area contributed by atoms with Crippen LogP contribution in [0.3, 0.4) is 0 Å². The molecule has 1 aromatic rings. The van der Waals surface area contributed by atoms with Crippen LogP contribution < -0.4 is 10.6 Å². The molecule has 6 heteroatoms. The van der Waals surface area contributed by atoms with Crippen LogP contribution in [0, 0.1) is 0 Å². The van der Waals surface area contributed by atoms with E-state index < -0.39 is 5.97 Å². The van der Waals surface area contributed by atoms with Gasteiger partial charge in [-0.25, -0.2) is 4.79 Å². The number of thiophene rings is 1. The Morgan fingerprint density at radius 2 is 2.14 bits per heavy atom. The van der Waals surface area contributed by atoms with Gasteiger partial charge in [-0.3, -0.25) is 4.79 Å². The Hall–Kier alpha value is -1.56. The molecule has 5 nitrogen and oxygen atoms in total. The highest BCUT2D eigenvalue weighted by atomic mass is 32.1. The predicted molar refractivity (Wildman–Crippen MR) is 84.8 cm³/mol. The van der Waals surface area contributed by atoms with Crippen molar-refractivity contribution in [1.29, 1.82) is 0 Å². The number of carbonyl (C=O) groups excluding carboxylic acids is 1. The number of aliphatic carboxylic acids is 1. The van der Waals surface area contributed by atoms with Crippen molar-refractivity contribution in [3.8, 4) is 0 Å². The van der Waals surface area contributed by atoms with Crippen molar-refractivity contribution in [2.45, 2.75) is 51.5 Å². The molecule has 0 fully saturated rings. The molecule has 1 rings (SSSR count). The van der Waals surface area contributed by atoms with E-state index in [0.717, 1.165) is 6.42 Å². The Morgan fingerprint density at radius 1 is 1.43 bits per heavy atom. The first-order valence-electron chi connectivity index (χ1n) is 7.15. The first-order chi connectivity index (χ1) is 9.85. The average Bonchev–Trinajstić information content (AvgIpc) is 2.90. The Morgan fingerprint density at radius 3 is 2.67 bits per heavy atom. The molecule has 118 valence electrons. The second-order valence-corrected chi connectivity index (χ2v) is 6.72. The van der Waals surface area contributed by atoms with Crippen LogP contribution >= 0.6 is 11.3 Å². The first kappa shape index (κ1) is 17.5. The van der Waals surface area contributed by atoms with Crippen LogP contribution in [0.15, 0.2) is 17.5 Å². The van der Waals surface area contributed by atoms with Crippen LogP contribution in [0.25, 0.3) is 0 Å². The molecule has 1 atom stereocenters. The Labute approximate surface area is 129 Å². The van der Waals surface area contributed by atoms with Crippen molar-refractivity contribution in [2.24, 2.45) is 0 Å². The summed E-state index contributed by atoms with van der Waals surface area (Å²) in [5, 5.41) is 16.4. The van der Waals surface area contributed by atoms with Crippen molar-refractivity contribution in [1.82, 2.24) is 10.6 Å². The minimum atomic E-state index is -0.896. The quantitative estimate of drug-likeness (QED) is 0.690. The number of rotatable bonds is 8. The minimum Gasteiger partial charge on any atom is -0.481 e. The maximum absolute atomic E-state index is 11.9. The summed E-state index contributed by atoms with van der Waals surface area (Å²) < 4.78 is 0. The molecule has 3 N–H and O–H groups in total. The highest BCUT2D eigenvalue weighted by Gasteiger charge is 2.23.